The number of benzene rings is 1. The molecule has 0 saturated carbocycles. The first-order valence-electron chi connectivity index (χ1n) is 7.34. The smallest absolute Gasteiger partial charge is 0.339 e. The Kier molecular flexibility index (Phi) is 2.33. The predicted molar refractivity (Wildman–Crippen MR) is 77.5 cm³/mol. The molecule has 0 spiro atoms. The minimum atomic E-state index is -0.167. The summed E-state index contributed by atoms with van der Waals surface area (Å²) in [4.78, 5) is 12.0. The molecule has 0 atom stereocenters. The second-order valence-corrected chi connectivity index (χ2v) is 6.52. The summed E-state index contributed by atoms with van der Waals surface area (Å²) in [6.07, 6.45) is 4.94. The monoisotopic (exact) mass is 270 g/mol. The fourth-order valence-corrected chi connectivity index (χ4v) is 3.43. The van der Waals surface area contributed by atoms with Gasteiger partial charge in [-0.05, 0) is 63.1 Å². The van der Waals surface area contributed by atoms with E-state index in [0.717, 1.165) is 48.8 Å². The maximum absolute atomic E-state index is 12.0. The maximum Gasteiger partial charge on any atom is 0.339 e. The Hall–Kier alpha value is -1.77. The normalized spacial score (nSPS) is 19.5. The molecule has 3 nitrogen and oxygen atoms in total. The zero-order valence-corrected chi connectivity index (χ0v) is 11.9. The average Bonchev–Trinajstić information content (AvgIpc) is 2.86. The van der Waals surface area contributed by atoms with Crippen molar-refractivity contribution in [3.8, 4) is 5.75 Å². The van der Waals surface area contributed by atoms with E-state index in [0.29, 0.717) is 5.58 Å². The fraction of sp³-hybridized carbons (Fsp3) is 0.471. The second kappa shape index (κ2) is 3.87. The van der Waals surface area contributed by atoms with Crippen molar-refractivity contribution >= 4 is 11.0 Å². The van der Waals surface area contributed by atoms with E-state index in [-0.39, 0.29) is 11.2 Å². The molecule has 0 unspecified atom stereocenters. The fourth-order valence-electron chi connectivity index (χ4n) is 3.43. The predicted octanol–water partition coefficient (Wildman–Crippen LogP) is 3.39. The van der Waals surface area contributed by atoms with Gasteiger partial charge in [0, 0.05) is 17.0 Å². The van der Waals surface area contributed by atoms with Crippen LogP contribution in [0.25, 0.3) is 11.0 Å². The molecule has 2 heterocycles. The second-order valence-electron chi connectivity index (χ2n) is 6.52. The zero-order chi connectivity index (χ0) is 13.9. The van der Waals surface area contributed by atoms with Gasteiger partial charge in [0.05, 0.1) is 0 Å². The van der Waals surface area contributed by atoms with Crippen molar-refractivity contribution in [2.45, 2.75) is 51.6 Å². The topological polar surface area (TPSA) is 39.4 Å². The number of hydrogen-bond donors (Lipinski definition) is 0. The van der Waals surface area contributed by atoms with Crippen LogP contribution in [-0.2, 0) is 19.3 Å². The van der Waals surface area contributed by atoms with E-state index in [4.69, 9.17) is 9.15 Å². The van der Waals surface area contributed by atoms with Crippen molar-refractivity contribution < 1.29 is 9.15 Å². The van der Waals surface area contributed by atoms with Gasteiger partial charge < -0.3 is 9.15 Å². The highest BCUT2D eigenvalue weighted by molar-refractivity contribution is 5.84. The molecule has 104 valence electrons. The van der Waals surface area contributed by atoms with Crippen LogP contribution >= 0.6 is 0 Å². The van der Waals surface area contributed by atoms with Gasteiger partial charge in [0.25, 0.3) is 0 Å². The number of aryl methyl sites for hydroxylation is 2. The van der Waals surface area contributed by atoms with Gasteiger partial charge in [-0.2, -0.15) is 0 Å². The van der Waals surface area contributed by atoms with Crippen LogP contribution in [0.5, 0.6) is 5.75 Å². The van der Waals surface area contributed by atoms with E-state index in [2.05, 4.69) is 19.9 Å². The highest BCUT2D eigenvalue weighted by atomic mass is 16.5. The van der Waals surface area contributed by atoms with Crippen molar-refractivity contribution in [1.29, 1.82) is 0 Å². The van der Waals surface area contributed by atoms with E-state index in [1.54, 1.807) is 0 Å². The van der Waals surface area contributed by atoms with Crippen molar-refractivity contribution in [3.63, 3.8) is 0 Å². The Bertz CT molecular complexity index is 768. The minimum Gasteiger partial charge on any atom is -0.487 e. The summed E-state index contributed by atoms with van der Waals surface area (Å²) >= 11 is 0. The molecule has 1 aliphatic carbocycles. The van der Waals surface area contributed by atoms with Gasteiger partial charge >= 0.3 is 5.63 Å². The Morgan fingerprint density at radius 3 is 2.75 bits per heavy atom. The van der Waals surface area contributed by atoms with Gasteiger partial charge in [-0.25, -0.2) is 4.79 Å². The number of fused-ring (bicyclic) bond motifs is 4. The SMILES string of the molecule is CC1(C)CCc2cc3c4c(c(=O)oc3cc2O1)CCC4. The first kappa shape index (κ1) is 12.0. The van der Waals surface area contributed by atoms with Crippen LogP contribution in [0.3, 0.4) is 0 Å². The third-order valence-electron chi connectivity index (χ3n) is 4.54. The van der Waals surface area contributed by atoms with Crippen molar-refractivity contribution in [2.75, 3.05) is 0 Å². The average molecular weight is 270 g/mol. The van der Waals surface area contributed by atoms with Crippen LogP contribution in [0.1, 0.15) is 43.4 Å². The lowest BCUT2D eigenvalue weighted by Gasteiger charge is -2.32. The van der Waals surface area contributed by atoms with E-state index < -0.39 is 0 Å². The lowest BCUT2D eigenvalue weighted by Crippen LogP contribution is -2.32. The Morgan fingerprint density at radius 2 is 1.90 bits per heavy atom. The Balaban J connectivity index is 1.98. The minimum absolute atomic E-state index is 0.141. The van der Waals surface area contributed by atoms with Crippen LogP contribution in [0.4, 0.5) is 0 Å². The summed E-state index contributed by atoms with van der Waals surface area (Å²) in [5.74, 6) is 0.870. The summed E-state index contributed by atoms with van der Waals surface area (Å²) in [5.41, 5.74) is 3.68. The summed E-state index contributed by atoms with van der Waals surface area (Å²) in [5, 5.41) is 1.11. The standard InChI is InChI=1S/C17H18O3/c1-17(2)7-6-10-8-13-11-4-3-5-12(11)16(18)19-15(13)9-14(10)20-17/h8-9H,3-7H2,1-2H3. The molecule has 0 amide bonds. The van der Waals surface area contributed by atoms with Crippen LogP contribution in [0.2, 0.25) is 0 Å². The summed E-state index contributed by atoms with van der Waals surface area (Å²) in [6.45, 7) is 4.19. The van der Waals surface area contributed by atoms with E-state index in [1.807, 2.05) is 6.07 Å². The van der Waals surface area contributed by atoms with Crippen LogP contribution in [0, 0.1) is 0 Å². The quantitative estimate of drug-likeness (QED) is 0.689. The summed E-state index contributed by atoms with van der Waals surface area (Å²) < 4.78 is 11.5. The van der Waals surface area contributed by atoms with Gasteiger partial charge in [0.1, 0.15) is 16.9 Å². The molecule has 4 rings (SSSR count). The Morgan fingerprint density at radius 1 is 1.10 bits per heavy atom. The Labute approximate surface area is 117 Å². The molecule has 1 aromatic carbocycles. The molecule has 0 saturated heterocycles. The van der Waals surface area contributed by atoms with Gasteiger partial charge in [0.2, 0.25) is 0 Å². The van der Waals surface area contributed by atoms with E-state index in [1.165, 1.54) is 11.1 Å². The molecule has 0 radical (unpaired) electrons. The summed E-state index contributed by atoms with van der Waals surface area (Å²) in [7, 11) is 0. The highest BCUT2D eigenvalue weighted by Gasteiger charge is 2.28. The van der Waals surface area contributed by atoms with E-state index >= 15 is 0 Å². The zero-order valence-electron chi connectivity index (χ0n) is 11.9. The molecular formula is C17H18O3. The first-order valence-corrected chi connectivity index (χ1v) is 7.34. The van der Waals surface area contributed by atoms with Gasteiger partial charge in [-0.1, -0.05) is 0 Å². The molecule has 0 fully saturated rings. The van der Waals surface area contributed by atoms with Crippen LogP contribution in [-0.4, -0.2) is 5.60 Å². The molecule has 3 heteroatoms. The molecule has 0 N–H and O–H groups in total. The molecule has 20 heavy (non-hydrogen) atoms. The van der Waals surface area contributed by atoms with Gasteiger partial charge in [0.15, 0.2) is 0 Å². The molecule has 0 bridgehead atoms. The summed E-state index contributed by atoms with van der Waals surface area (Å²) in [6, 6.07) is 4.08. The maximum atomic E-state index is 12.0. The molecule has 2 aliphatic rings. The highest BCUT2D eigenvalue weighted by Crippen LogP contribution is 2.38. The van der Waals surface area contributed by atoms with Gasteiger partial charge in [-0.3, -0.25) is 0 Å². The van der Waals surface area contributed by atoms with Crippen LogP contribution in [0.15, 0.2) is 21.3 Å². The third-order valence-corrected chi connectivity index (χ3v) is 4.54. The lowest BCUT2D eigenvalue weighted by molar-refractivity contribution is 0.0848. The molecule has 1 aromatic heterocycles. The number of rotatable bonds is 0. The first-order chi connectivity index (χ1) is 9.53. The number of ether oxygens (including phenoxy) is 1. The molecule has 2 aromatic rings. The largest absolute Gasteiger partial charge is 0.487 e. The van der Waals surface area contributed by atoms with Crippen molar-refractivity contribution in [2.24, 2.45) is 0 Å². The third kappa shape index (κ3) is 1.69. The van der Waals surface area contributed by atoms with Crippen LogP contribution < -0.4 is 10.4 Å². The van der Waals surface area contributed by atoms with Crippen molar-refractivity contribution in [3.05, 3.63) is 39.2 Å². The van der Waals surface area contributed by atoms with Gasteiger partial charge in [-0.15, -0.1) is 0 Å². The van der Waals surface area contributed by atoms with Crippen molar-refractivity contribution in [1.82, 2.24) is 0 Å². The molecular weight excluding hydrogens is 252 g/mol. The van der Waals surface area contributed by atoms with E-state index in [9.17, 15) is 4.79 Å². The lowest BCUT2D eigenvalue weighted by atomic mass is 9.92. The number of hydrogen-bond acceptors (Lipinski definition) is 3. The molecule has 1 aliphatic heterocycles.